The molecule has 0 bridgehead atoms. The first-order valence-corrected chi connectivity index (χ1v) is 15.4. The summed E-state index contributed by atoms with van der Waals surface area (Å²) in [5, 5.41) is 81.1. The van der Waals surface area contributed by atoms with E-state index in [0.29, 0.717) is 117 Å². The molecule has 0 fully saturated rings. The average Bonchev–Trinajstić information content (AvgIpc) is 3.11. The van der Waals surface area contributed by atoms with E-state index in [0.717, 1.165) is 13.1 Å². The minimum atomic E-state index is 0.101. The number of hydrogen-bond acceptors (Lipinski definition) is 16. The Kier molecular flexibility index (Phi) is 29.9. The fourth-order valence-electron chi connectivity index (χ4n) is 4.03. The lowest BCUT2D eigenvalue weighted by Gasteiger charge is -2.27. The molecule has 0 aliphatic rings. The topological polar surface area (TPSA) is 343 Å². The van der Waals surface area contributed by atoms with Crippen molar-refractivity contribution in [3.63, 3.8) is 0 Å². The Balaban J connectivity index is 0. The summed E-state index contributed by atoms with van der Waals surface area (Å²) < 4.78 is 0. The van der Waals surface area contributed by atoms with Crippen LogP contribution < -0.4 is 22.9 Å². The number of nitrogens with two attached hydrogens (primary N) is 4. The molecule has 0 aromatic rings. The Bertz CT molecular complexity index is 968. The Morgan fingerprint density at radius 1 is 0.375 bits per heavy atom. The van der Waals surface area contributed by atoms with E-state index < -0.39 is 0 Å². The molecule has 0 rings (SSSR count). The first-order chi connectivity index (χ1) is 23.1. The molecule has 0 heterocycles. The van der Waals surface area contributed by atoms with E-state index in [2.05, 4.69) is 54.7 Å². The van der Waals surface area contributed by atoms with Crippen LogP contribution in [-0.2, 0) is 0 Å². The summed E-state index contributed by atoms with van der Waals surface area (Å²) in [5.74, 6) is 0.406. The third kappa shape index (κ3) is 27.2. The van der Waals surface area contributed by atoms with Gasteiger partial charge < -0.3 is 63.4 Å². The normalized spacial score (nSPS) is 12.3. The van der Waals surface area contributed by atoms with Crippen LogP contribution in [0.5, 0.6) is 0 Å². The van der Waals surface area contributed by atoms with Gasteiger partial charge in [-0.15, -0.1) is 0 Å². The second kappa shape index (κ2) is 31.8. The summed E-state index contributed by atoms with van der Waals surface area (Å²) >= 11 is 0. The monoisotopic (exact) mass is 676 g/mol. The van der Waals surface area contributed by atoms with E-state index in [-0.39, 0.29) is 23.3 Å². The van der Waals surface area contributed by atoms with Crippen molar-refractivity contribution in [3.8, 4) is 24.3 Å². The van der Waals surface area contributed by atoms with Crippen LogP contribution in [0.15, 0.2) is 20.6 Å². The molecule has 48 heavy (non-hydrogen) atoms. The van der Waals surface area contributed by atoms with Crippen LogP contribution in [0.3, 0.4) is 0 Å². The minimum absolute atomic E-state index is 0.101. The molecule has 0 aromatic carbocycles. The molecular formula is C28H52N16O4. The lowest BCUT2D eigenvalue weighted by Crippen LogP contribution is -2.40. The molecule has 0 aromatic heterocycles. The molecule has 0 amide bonds. The maximum absolute atomic E-state index is 8.69. The molecule has 0 aliphatic carbocycles. The fraction of sp³-hybridized carbons (Fsp3) is 0.714. The van der Waals surface area contributed by atoms with E-state index >= 15 is 0 Å². The van der Waals surface area contributed by atoms with Crippen LogP contribution in [0.4, 0.5) is 0 Å². The summed E-state index contributed by atoms with van der Waals surface area (Å²) in [6, 6.07) is 8.43. The SMILES string of the molecule is N#CCCN(CCC#N)CCN(CCC#N)CCC#N.NC(CCN(CC/C(N)=N\O)CCN(CC/C(N)=N/O)CC/C(N)=N\O)=NO. The zero-order valence-corrected chi connectivity index (χ0v) is 27.6. The third-order valence-electron chi connectivity index (χ3n) is 6.87. The van der Waals surface area contributed by atoms with Gasteiger partial charge in [0.25, 0.3) is 0 Å². The average molecular weight is 677 g/mol. The number of hydrogen-bond donors (Lipinski definition) is 8. The summed E-state index contributed by atoms with van der Waals surface area (Å²) in [6.45, 7) is 7.31. The van der Waals surface area contributed by atoms with Crippen LogP contribution in [0.25, 0.3) is 0 Å². The van der Waals surface area contributed by atoms with Gasteiger partial charge in [0.05, 0.1) is 24.3 Å². The van der Waals surface area contributed by atoms with Gasteiger partial charge in [0, 0.05) is 130 Å². The molecule has 0 spiro atoms. The number of nitrogens with zero attached hydrogens (tertiary/aromatic N) is 12. The van der Waals surface area contributed by atoms with E-state index in [1.165, 1.54) is 0 Å². The Morgan fingerprint density at radius 3 is 0.729 bits per heavy atom. The second-order valence-electron chi connectivity index (χ2n) is 10.4. The first-order valence-electron chi connectivity index (χ1n) is 15.4. The van der Waals surface area contributed by atoms with Gasteiger partial charge in [-0.3, -0.25) is 0 Å². The highest BCUT2D eigenvalue weighted by Gasteiger charge is 2.13. The standard InChI is InChI=1S/C14H32N10O4.C14H20N6/c15-11(19-25)1-5-23(6-2-12(16)20-26)9-10-24(7-3-13(17)21-27)8-4-14(18)22-28;15-5-1-9-19(10-2-6-16)13-14-20(11-3-7-17)12-4-8-18/h25-28H,1-10H2,(H2,15,19)(H2,16,20)(H2,17,21)(H2,18,22);1-4,9-14H2. The van der Waals surface area contributed by atoms with Gasteiger partial charge in [-0.25, -0.2) is 0 Å². The van der Waals surface area contributed by atoms with Gasteiger partial charge in [-0.2, -0.15) is 21.0 Å². The van der Waals surface area contributed by atoms with Crippen LogP contribution in [0.2, 0.25) is 0 Å². The summed E-state index contributed by atoms with van der Waals surface area (Å²) in [5.41, 5.74) is 22.1. The van der Waals surface area contributed by atoms with Gasteiger partial charge in [-0.05, 0) is 0 Å². The van der Waals surface area contributed by atoms with Crippen LogP contribution in [0.1, 0.15) is 51.4 Å². The Hall–Kier alpha value is -5.12. The van der Waals surface area contributed by atoms with E-state index in [9.17, 15) is 0 Å². The highest BCUT2D eigenvalue weighted by atomic mass is 16.4. The van der Waals surface area contributed by atoms with Crippen molar-refractivity contribution in [2.75, 3.05) is 78.5 Å². The van der Waals surface area contributed by atoms with Crippen LogP contribution in [-0.4, -0.2) is 142 Å². The largest absolute Gasteiger partial charge is 0.409 e. The number of amidine groups is 4. The van der Waals surface area contributed by atoms with Crippen LogP contribution >= 0.6 is 0 Å². The smallest absolute Gasteiger partial charge is 0.140 e. The molecule has 268 valence electrons. The van der Waals surface area contributed by atoms with Crippen molar-refractivity contribution in [1.29, 1.82) is 21.0 Å². The predicted octanol–water partition coefficient (Wildman–Crippen LogP) is -0.618. The van der Waals surface area contributed by atoms with E-state index in [1.54, 1.807) is 0 Å². The van der Waals surface area contributed by atoms with Crippen molar-refractivity contribution >= 4 is 23.3 Å². The molecule has 0 saturated carbocycles. The maximum Gasteiger partial charge on any atom is 0.140 e. The molecule has 20 nitrogen and oxygen atoms in total. The first kappa shape index (κ1) is 45.0. The second-order valence-corrected chi connectivity index (χ2v) is 10.4. The maximum atomic E-state index is 8.69. The van der Waals surface area contributed by atoms with Crippen molar-refractivity contribution in [1.82, 2.24) is 19.6 Å². The lowest BCUT2D eigenvalue weighted by atomic mass is 10.2. The quantitative estimate of drug-likeness (QED) is 0.0245. The van der Waals surface area contributed by atoms with Gasteiger partial charge in [0.2, 0.25) is 0 Å². The number of oxime groups is 4. The third-order valence-corrected chi connectivity index (χ3v) is 6.87. The van der Waals surface area contributed by atoms with Crippen molar-refractivity contribution in [2.24, 2.45) is 43.6 Å². The minimum Gasteiger partial charge on any atom is -0.409 e. The van der Waals surface area contributed by atoms with E-state index in [4.69, 9.17) is 64.8 Å². The zero-order chi connectivity index (χ0) is 36.4. The van der Waals surface area contributed by atoms with Gasteiger partial charge in [0.1, 0.15) is 23.3 Å². The molecule has 0 saturated heterocycles. The van der Waals surface area contributed by atoms with E-state index in [1.807, 2.05) is 9.80 Å². The zero-order valence-electron chi connectivity index (χ0n) is 27.6. The van der Waals surface area contributed by atoms with Gasteiger partial charge >= 0.3 is 0 Å². The Labute approximate surface area is 282 Å². The van der Waals surface area contributed by atoms with Crippen molar-refractivity contribution in [3.05, 3.63) is 0 Å². The summed E-state index contributed by atoms with van der Waals surface area (Å²) in [7, 11) is 0. The van der Waals surface area contributed by atoms with Gasteiger partial charge in [-0.1, -0.05) is 20.6 Å². The molecule has 0 unspecified atom stereocenters. The molecule has 0 aliphatic heterocycles. The molecular weight excluding hydrogens is 624 g/mol. The highest BCUT2D eigenvalue weighted by Crippen LogP contribution is 2.01. The Morgan fingerprint density at radius 2 is 0.562 bits per heavy atom. The fourth-order valence-corrected chi connectivity index (χ4v) is 4.03. The lowest BCUT2D eigenvalue weighted by molar-refractivity contribution is 0.212. The summed E-state index contributed by atoms with van der Waals surface area (Å²) in [6.07, 6.45) is 3.18. The highest BCUT2D eigenvalue weighted by molar-refractivity contribution is 5.81. The van der Waals surface area contributed by atoms with Gasteiger partial charge in [0.15, 0.2) is 0 Å². The molecule has 0 radical (unpaired) electrons. The summed E-state index contributed by atoms with van der Waals surface area (Å²) in [4.78, 5) is 8.18. The molecule has 20 heteroatoms. The van der Waals surface area contributed by atoms with Crippen LogP contribution in [0, 0.1) is 45.3 Å². The number of nitriles is 4. The number of rotatable bonds is 26. The van der Waals surface area contributed by atoms with Crippen molar-refractivity contribution < 1.29 is 20.8 Å². The van der Waals surface area contributed by atoms with Crippen molar-refractivity contribution in [2.45, 2.75) is 51.4 Å². The molecule has 0 atom stereocenters. The molecule has 12 N–H and O–H groups in total. The predicted molar refractivity (Wildman–Crippen MR) is 179 cm³/mol.